The number of fused-ring (bicyclic) bond motifs is 1. The second-order valence-corrected chi connectivity index (χ2v) is 4.25. The smallest absolute Gasteiger partial charge is 0.248 e. The van der Waals surface area contributed by atoms with Gasteiger partial charge in [0.05, 0.1) is 18.1 Å². The quantitative estimate of drug-likeness (QED) is 0.457. The third-order valence-corrected chi connectivity index (χ3v) is 2.63. The number of aliphatic hydroxyl groups is 1. The van der Waals surface area contributed by atoms with E-state index in [1.807, 2.05) is 6.92 Å². The number of amides is 1. The maximum absolute atomic E-state index is 10.8. The normalized spacial score (nSPS) is 12.3. The van der Waals surface area contributed by atoms with E-state index >= 15 is 0 Å². The first kappa shape index (κ1) is 14.0. The zero-order valence-corrected chi connectivity index (χ0v) is 11.1. The Labute approximate surface area is 115 Å². The molecule has 0 spiro atoms. The fraction of sp³-hybridized carbons (Fsp3) is 0.455. The molecule has 9 nitrogen and oxygen atoms in total. The first-order chi connectivity index (χ1) is 9.61. The van der Waals surface area contributed by atoms with Crippen LogP contribution in [0.3, 0.4) is 0 Å². The predicted molar refractivity (Wildman–Crippen MR) is 74.2 cm³/mol. The van der Waals surface area contributed by atoms with E-state index in [-0.39, 0.29) is 6.54 Å². The van der Waals surface area contributed by atoms with Gasteiger partial charge in [-0.2, -0.15) is 15.1 Å². The summed E-state index contributed by atoms with van der Waals surface area (Å²) in [6.07, 6.45) is 1.23. The van der Waals surface area contributed by atoms with Crippen LogP contribution in [-0.2, 0) is 4.79 Å². The molecule has 1 amide bonds. The topological polar surface area (TPSA) is 142 Å². The van der Waals surface area contributed by atoms with Gasteiger partial charge in [0.25, 0.3) is 0 Å². The Morgan fingerprint density at radius 3 is 3.00 bits per heavy atom. The lowest BCUT2D eigenvalue weighted by Gasteiger charge is -2.11. The molecule has 108 valence electrons. The molecule has 0 radical (unpaired) electrons. The van der Waals surface area contributed by atoms with E-state index in [2.05, 4.69) is 30.8 Å². The molecule has 0 aliphatic rings. The Kier molecular flexibility index (Phi) is 4.31. The van der Waals surface area contributed by atoms with Gasteiger partial charge in [-0.15, -0.1) is 0 Å². The average molecular weight is 279 g/mol. The lowest BCUT2D eigenvalue weighted by molar-refractivity contribution is -0.125. The Morgan fingerprint density at radius 2 is 2.30 bits per heavy atom. The van der Waals surface area contributed by atoms with Crippen molar-refractivity contribution in [1.82, 2.24) is 20.2 Å². The van der Waals surface area contributed by atoms with Crippen molar-refractivity contribution in [3.8, 4) is 0 Å². The van der Waals surface area contributed by atoms with Crippen LogP contribution >= 0.6 is 0 Å². The van der Waals surface area contributed by atoms with Crippen LogP contribution in [0.25, 0.3) is 11.0 Å². The molecule has 0 aliphatic heterocycles. The fourth-order valence-electron chi connectivity index (χ4n) is 1.58. The maximum atomic E-state index is 10.8. The van der Waals surface area contributed by atoms with Crippen molar-refractivity contribution in [2.45, 2.75) is 19.4 Å². The largest absolute Gasteiger partial charge is 0.381 e. The number of nitrogens with one attached hydrogen (secondary N) is 3. The SMILES string of the molecule is CCCNc1nc(NCC(O)C(N)=O)c2cn[nH]c2n1. The molecule has 0 saturated carbocycles. The molecule has 0 aromatic carbocycles. The van der Waals surface area contributed by atoms with Gasteiger partial charge >= 0.3 is 0 Å². The molecule has 1 atom stereocenters. The molecule has 20 heavy (non-hydrogen) atoms. The van der Waals surface area contributed by atoms with Gasteiger partial charge in [0, 0.05) is 6.54 Å². The van der Waals surface area contributed by atoms with E-state index in [0.717, 1.165) is 13.0 Å². The lowest BCUT2D eigenvalue weighted by atomic mass is 10.3. The summed E-state index contributed by atoms with van der Waals surface area (Å²) in [7, 11) is 0. The summed E-state index contributed by atoms with van der Waals surface area (Å²) in [5.74, 6) is 0.127. The minimum atomic E-state index is -1.28. The highest BCUT2D eigenvalue weighted by Crippen LogP contribution is 2.19. The number of rotatable bonds is 7. The monoisotopic (exact) mass is 279 g/mol. The first-order valence-electron chi connectivity index (χ1n) is 6.28. The van der Waals surface area contributed by atoms with E-state index in [4.69, 9.17) is 5.73 Å². The molecule has 0 saturated heterocycles. The van der Waals surface area contributed by atoms with Crippen LogP contribution < -0.4 is 16.4 Å². The highest BCUT2D eigenvalue weighted by atomic mass is 16.3. The van der Waals surface area contributed by atoms with Crippen molar-refractivity contribution in [2.75, 3.05) is 23.7 Å². The van der Waals surface area contributed by atoms with Crippen molar-refractivity contribution in [3.05, 3.63) is 6.20 Å². The second kappa shape index (κ2) is 6.15. The molecule has 2 rings (SSSR count). The number of carbonyl (C=O) groups is 1. The third-order valence-electron chi connectivity index (χ3n) is 2.63. The summed E-state index contributed by atoms with van der Waals surface area (Å²) in [5.41, 5.74) is 5.56. The van der Waals surface area contributed by atoms with Crippen LogP contribution in [0.1, 0.15) is 13.3 Å². The van der Waals surface area contributed by atoms with E-state index in [0.29, 0.717) is 22.8 Å². The minimum absolute atomic E-state index is 0.0279. The van der Waals surface area contributed by atoms with Crippen molar-refractivity contribution in [2.24, 2.45) is 5.73 Å². The molecule has 6 N–H and O–H groups in total. The zero-order chi connectivity index (χ0) is 14.5. The summed E-state index contributed by atoms with van der Waals surface area (Å²) >= 11 is 0. The molecule has 1 unspecified atom stereocenters. The van der Waals surface area contributed by atoms with Crippen molar-refractivity contribution < 1.29 is 9.90 Å². The first-order valence-corrected chi connectivity index (χ1v) is 6.28. The zero-order valence-electron chi connectivity index (χ0n) is 11.1. The number of carbonyl (C=O) groups excluding carboxylic acids is 1. The number of H-pyrrole nitrogens is 1. The van der Waals surface area contributed by atoms with Gasteiger partial charge in [-0.3, -0.25) is 9.89 Å². The molecular weight excluding hydrogens is 262 g/mol. The van der Waals surface area contributed by atoms with Crippen LogP contribution in [0.5, 0.6) is 0 Å². The molecule has 9 heteroatoms. The van der Waals surface area contributed by atoms with Crippen molar-refractivity contribution in [3.63, 3.8) is 0 Å². The van der Waals surface area contributed by atoms with Crippen LogP contribution in [-0.4, -0.2) is 50.4 Å². The second-order valence-electron chi connectivity index (χ2n) is 4.25. The number of nitrogens with zero attached hydrogens (tertiary/aromatic N) is 3. The summed E-state index contributed by atoms with van der Waals surface area (Å²) in [4.78, 5) is 19.4. The number of aliphatic hydroxyl groups excluding tert-OH is 1. The maximum Gasteiger partial charge on any atom is 0.248 e. The van der Waals surface area contributed by atoms with Gasteiger partial charge in [0.1, 0.15) is 11.9 Å². The molecule has 2 heterocycles. The van der Waals surface area contributed by atoms with E-state index in [1.165, 1.54) is 0 Å². The molecule has 0 bridgehead atoms. The number of aromatic nitrogens is 4. The van der Waals surface area contributed by atoms with Gasteiger partial charge in [-0.05, 0) is 6.42 Å². The summed E-state index contributed by atoms with van der Waals surface area (Å²) in [6, 6.07) is 0. The van der Waals surface area contributed by atoms with Crippen molar-refractivity contribution >= 4 is 28.7 Å². The Balaban J connectivity index is 2.21. The summed E-state index contributed by atoms with van der Waals surface area (Å²) < 4.78 is 0. The predicted octanol–water partition coefficient (Wildman–Crippen LogP) is -0.567. The van der Waals surface area contributed by atoms with Crippen LogP contribution in [0.2, 0.25) is 0 Å². The summed E-state index contributed by atoms with van der Waals surface area (Å²) in [6.45, 7) is 2.74. The molecular formula is C11H17N7O2. The number of hydrogen-bond donors (Lipinski definition) is 5. The Bertz CT molecular complexity index is 597. The molecule has 0 fully saturated rings. The van der Waals surface area contributed by atoms with Gasteiger partial charge < -0.3 is 21.5 Å². The van der Waals surface area contributed by atoms with Gasteiger partial charge in [0.15, 0.2) is 5.65 Å². The van der Waals surface area contributed by atoms with Crippen molar-refractivity contribution in [1.29, 1.82) is 0 Å². The number of aromatic amines is 1. The summed E-state index contributed by atoms with van der Waals surface area (Å²) in [5, 5.41) is 22.7. The minimum Gasteiger partial charge on any atom is -0.381 e. The van der Waals surface area contributed by atoms with E-state index in [1.54, 1.807) is 6.20 Å². The Hall–Kier alpha value is -2.42. The number of hydrogen-bond acceptors (Lipinski definition) is 7. The third kappa shape index (κ3) is 3.12. The number of anilines is 2. The van der Waals surface area contributed by atoms with Crippen LogP contribution in [0.4, 0.5) is 11.8 Å². The average Bonchev–Trinajstić information content (AvgIpc) is 2.90. The van der Waals surface area contributed by atoms with Gasteiger partial charge in [0.2, 0.25) is 11.9 Å². The van der Waals surface area contributed by atoms with E-state index < -0.39 is 12.0 Å². The molecule has 0 aliphatic carbocycles. The highest BCUT2D eigenvalue weighted by Gasteiger charge is 2.13. The van der Waals surface area contributed by atoms with Gasteiger partial charge in [-0.25, -0.2) is 0 Å². The highest BCUT2D eigenvalue weighted by molar-refractivity contribution is 5.87. The standard InChI is InChI=1S/C11H17N7O2/c1-2-3-13-11-16-9(14-5-7(19)8(12)20)6-4-15-18-10(6)17-11/h4,7,19H,2-3,5H2,1H3,(H2,12,20)(H3,13,14,15,16,17,18). The Morgan fingerprint density at radius 1 is 1.50 bits per heavy atom. The van der Waals surface area contributed by atoms with Gasteiger partial charge in [-0.1, -0.05) is 6.92 Å². The number of primary amides is 1. The lowest BCUT2D eigenvalue weighted by Crippen LogP contribution is -2.34. The fourth-order valence-corrected chi connectivity index (χ4v) is 1.58. The van der Waals surface area contributed by atoms with Crippen LogP contribution in [0, 0.1) is 0 Å². The molecule has 2 aromatic rings. The molecule has 2 aromatic heterocycles. The van der Waals surface area contributed by atoms with E-state index in [9.17, 15) is 9.90 Å². The van der Waals surface area contributed by atoms with Crippen LogP contribution in [0.15, 0.2) is 6.20 Å². The number of nitrogens with two attached hydrogens (primary N) is 1.